The van der Waals surface area contributed by atoms with Crippen LogP contribution in [0.3, 0.4) is 0 Å². The van der Waals surface area contributed by atoms with E-state index in [0.717, 1.165) is 16.2 Å². The summed E-state index contributed by atoms with van der Waals surface area (Å²) < 4.78 is 4.79. The van der Waals surface area contributed by atoms with Crippen molar-refractivity contribution >= 4 is 28.8 Å². The van der Waals surface area contributed by atoms with Crippen molar-refractivity contribution in [1.82, 2.24) is 9.97 Å². The van der Waals surface area contributed by atoms with Gasteiger partial charge in [0.25, 0.3) is 0 Å². The van der Waals surface area contributed by atoms with Gasteiger partial charge in [-0.15, -0.1) is 0 Å². The third kappa shape index (κ3) is 3.98. The molecule has 1 unspecified atom stereocenters. The summed E-state index contributed by atoms with van der Waals surface area (Å²) in [5, 5.41) is 10.5. The zero-order valence-corrected chi connectivity index (χ0v) is 12.4. The first-order valence-corrected chi connectivity index (χ1v) is 7.50. The fourth-order valence-electron chi connectivity index (χ4n) is 1.81. The highest BCUT2D eigenvalue weighted by molar-refractivity contribution is 7.99. The Balaban J connectivity index is 1.90. The van der Waals surface area contributed by atoms with Crippen LogP contribution >= 0.6 is 11.8 Å². The third-order valence-corrected chi connectivity index (χ3v) is 3.75. The van der Waals surface area contributed by atoms with Gasteiger partial charge >= 0.3 is 5.97 Å². The molecule has 0 radical (unpaired) electrons. The van der Waals surface area contributed by atoms with E-state index in [1.54, 1.807) is 6.92 Å². The van der Waals surface area contributed by atoms with E-state index in [2.05, 4.69) is 9.97 Å². The number of benzene rings is 1. The molecule has 0 amide bonds. The normalized spacial score (nSPS) is 12.6. The van der Waals surface area contributed by atoms with Crippen molar-refractivity contribution < 1.29 is 14.6 Å². The number of rotatable bonds is 6. The van der Waals surface area contributed by atoms with Crippen molar-refractivity contribution in [2.75, 3.05) is 12.4 Å². The molecule has 0 aliphatic carbocycles. The molecule has 0 spiro atoms. The summed E-state index contributed by atoms with van der Waals surface area (Å²) in [4.78, 5) is 18.8. The molecule has 0 aliphatic heterocycles. The molecule has 6 heteroatoms. The highest BCUT2D eigenvalue weighted by atomic mass is 32.2. The van der Waals surface area contributed by atoms with Gasteiger partial charge in [-0.3, -0.25) is 4.79 Å². The number of nitrogens with zero attached hydrogens (tertiary/aromatic N) is 1. The van der Waals surface area contributed by atoms with Gasteiger partial charge < -0.3 is 14.8 Å². The minimum absolute atomic E-state index is 0.0141. The first kappa shape index (κ1) is 14.9. The van der Waals surface area contributed by atoms with E-state index in [4.69, 9.17) is 4.74 Å². The average molecular weight is 294 g/mol. The number of imidazole rings is 1. The van der Waals surface area contributed by atoms with Gasteiger partial charge in [0.05, 0.1) is 30.2 Å². The Kier molecular flexibility index (Phi) is 5.03. The summed E-state index contributed by atoms with van der Waals surface area (Å²) in [7, 11) is 0. The number of thioether (sulfide) groups is 1. The number of hydrogen-bond acceptors (Lipinski definition) is 5. The first-order valence-electron chi connectivity index (χ1n) is 6.51. The Hall–Kier alpha value is -1.53. The van der Waals surface area contributed by atoms with Gasteiger partial charge in [-0.05, 0) is 31.5 Å². The number of fused-ring (bicyclic) bond motifs is 1. The highest BCUT2D eigenvalue weighted by Crippen LogP contribution is 2.21. The van der Waals surface area contributed by atoms with Crippen molar-refractivity contribution in [3.63, 3.8) is 0 Å². The molecule has 0 fully saturated rings. The lowest BCUT2D eigenvalue weighted by molar-refractivity contribution is -0.144. The predicted molar refractivity (Wildman–Crippen MR) is 78.8 cm³/mol. The van der Waals surface area contributed by atoms with E-state index in [1.807, 2.05) is 25.1 Å². The van der Waals surface area contributed by atoms with Crippen LogP contribution in [0.1, 0.15) is 18.9 Å². The van der Waals surface area contributed by atoms with Crippen LogP contribution in [-0.4, -0.2) is 39.5 Å². The number of ether oxygens (including phenoxy) is 1. The van der Waals surface area contributed by atoms with Crippen LogP contribution in [-0.2, 0) is 9.53 Å². The summed E-state index contributed by atoms with van der Waals surface area (Å²) in [5.74, 6) is 0.0262. The second-order valence-corrected chi connectivity index (χ2v) is 5.55. The maximum absolute atomic E-state index is 11.2. The van der Waals surface area contributed by atoms with Crippen molar-refractivity contribution in [1.29, 1.82) is 0 Å². The van der Waals surface area contributed by atoms with Crippen molar-refractivity contribution in [3.05, 3.63) is 23.8 Å². The molecule has 1 atom stereocenters. The van der Waals surface area contributed by atoms with Crippen LogP contribution in [0.15, 0.2) is 23.4 Å². The van der Waals surface area contributed by atoms with E-state index in [0.29, 0.717) is 12.4 Å². The summed E-state index contributed by atoms with van der Waals surface area (Å²) >= 11 is 1.40. The molecule has 0 saturated carbocycles. The Bertz CT molecular complexity index is 597. The van der Waals surface area contributed by atoms with E-state index < -0.39 is 6.10 Å². The SMILES string of the molecule is CCOC(=O)CC(O)CSc1nc2ccc(C)cc2[nH]1. The van der Waals surface area contributed by atoms with Crippen LogP contribution in [0.25, 0.3) is 11.0 Å². The molecule has 1 aromatic heterocycles. The van der Waals surface area contributed by atoms with Crippen molar-refractivity contribution in [2.45, 2.75) is 31.5 Å². The lowest BCUT2D eigenvalue weighted by Gasteiger charge is -2.08. The van der Waals surface area contributed by atoms with Crippen LogP contribution in [0, 0.1) is 6.92 Å². The molecule has 1 aromatic carbocycles. The largest absolute Gasteiger partial charge is 0.466 e. The highest BCUT2D eigenvalue weighted by Gasteiger charge is 2.13. The van der Waals surface area contributed by atoms with Gasteiger partial charge in [0, 0.05) is 5.75 Å². The number of hydrogen-bond donors (Lipinski definition) is 2. The second kappa shape index (κ2) is 6.76. The summed E-state index contributed by atoms with van der Waals surface area (Å²) in [6.45, 7) is 4.10. The van der Waals surface area contributed by atoms with Crippen molar-refractivity contribution in [3.8, 4) is 0 Å². The van der Waals surface area contributed by atoms with Gasteiger partial charge in [-0.1, -0.05) is 17.8 Å². The van der Waals surface area contributed by atoms with E-state index in [-0.39, 0.29) is 12.4 Å². The lowest BCUT2D eigenvalue weighted by atomic mass is 10.2. The minimum Gasteiger partial charge on any atom is -0.466 e. The van der Waals surface area contributed by atoms with E-state index >= 15 is 0 Å². The van der Waals surface area contributed by atoms with Gasteiger partial charge in [0.1, 0.15) is 0 Å². The van der Waals surface area contributed by atoms with Gasteiger partial charge in [-0.25, -0.2) is 4.98 Å². The molecule has 2 rings (SSSR count). The molecular formula is C14H18N2O3S. The van der Waals surface area contributed by atoms with Gasteiger partial charge in [-0.2, -0.15) is 0 Å². The summed E-state index contributed by atoms with van der Waals surface area (Å²) in [6.07, 6.45) is -0.714. The predicted octanol–water partition coefficient (Wildman–Crippen LogP) is 2.28. The number of H-pyrrole nitrogens is 1. The van der Waals surface area contributed by atoms with Crippen LogP contribution in [0.4, 0.5) is 0 Å². The third-order valence-electron chi connectivity index (χ3n) is 2.74. The molecule has 2 N–H and O–H groups in total. The fraction of sp³-hybridized carbons (Fsp3) is 0.429. The lowest BCUT2D eigenvalue weighted by Crippen LogP contribution is -2.17. The zero-order chi connectivity index (χ0) is 14.5. The number of aromatic amines is 1. The van der Waals surface area contributed by atoms with Gasteiger partial charge in [0.15, 0.2) is 5.16 Å². The van der Waals surface area contributed by atoms with E-state index in [9.17, 15) is 9.90 Å². The van der Waals surface area contributed by atoms with E-state index in [1.165, 1.54) is 17.3 Å². The molecule has 1 heterocycles. The van der Waals surface area contributed by atoms with Crippen LogP contribution in [0.5, 0.6) is 0 Å². The number of carbonyl (C=O) groups excluding carboxylic acids is 1. The Morgan fingerprint density at radius 3 is 3.10 bits per heavy atom. The summed E-state index contributed by atoms with van der Waals surface area (Å²) in [6, 6.07) is 5.99. The molecule has 0 saturated heterocycles. The Morgan fingerprint density at radius 1 is 1.55 bits per heavy atom. The maximum atomic E-state index is 11.2. The molecular weight excluding hydrogens is 276 g/mol. The Morgan fingerprint density at radius 2 is 2.35 bits per heavy atom. The van der Waals surface area contributed by atoms with Crippen LogP contribution in [0.2, 0.25) is 0 Å². The second-order valence-electron chi connectivity index (χ2n) is 4.54. The number of nitrogens with one attached hydrogen (secondary N) is 1. The average Bonchev–Trinajstić information content (AvgIpc) is 2.78. The summed E-state index contributed by atoms with van der Waals surface area (Å²) in [5.41, 5.74) is 3.05. The molecule has 5 nitrogen and oxygen atoms in total. The number of esters is 1. The monoisotopic (exact) mass is 294 g/mol. The number of carbonyl (C=O) groups is 1. The number of aliphatic hydroxyl groups excluding tert-OH is 1. The number of aromatic nitrogens is 2. The zero-order valence-electron chi connectivity index (χ0n) is 11.5. The number of aryl methyl sites for hydroxylation is 1. The minimum atomic E-state index is -0.728. The van der Waals surface area contributed by atoms with Gasteiger partial charge in [0.2, 0.25) is 0 Å². The maximum Gasteiger partial charge on any atom is 0.308 e. The quantitative estimate of drug-likeness (QED) is 0.631. The Labute approximate surface area is 121 Å². The smallest absolute Gasteiger partial charge is 0.308 e. The molecule has 108 valence electrons. The standard InChI is InChI=1S/C14H18N2O3S/c1-3-19-13(18)7-10(17)8-20-14-15-11-5-4-9(2)6-12(11)16-14/h4-6,10,17H,3,7-8H2,1-2H3,(H,15,16). The molecule has 0 bridgehead atoms. The topological polar surface area (TPSA) is 75.2 Å². The van der Waals surface area contributed by atoms with Crippen molar-refractivity contribution in [2.24, 2.45) is 0 Å². The molecule has 2 aromatic rings. The van der Waals surface area contributed by atoms with Crippen LogP contribution < -0.4 is 0 Å². The first-order chi connectivity index (χ1) is 9.58. The fourth-order valence-corrected chi connectivity index (χ4v) is 2.63. The molecule has 20 heavy (non-hydrogen) atoms. The number of aliphatic hydroxyl groups is 1. The molecule has 0 aliphatic rings.